The second-order valence-corrected chi connectivity index (χ2v) is 4.72. The van der Waals surface area contributed by atoms with Crippen LogP contribution in [-0.4, -0.2) is 23.3 Å². The summed E-state index contributed by atoms with van der Waals surface area (Å²) in [5.74, 6) is 0.795. The maximum absolute atomic E-state index is 12.3. The molecule has 2 rings (SSSR count). The third-order valence-electron chi connectivity index (χ3n) is 3.19. The average molecular weight is 251 g/mol. The van der Waals surface area contributed by atoms with Crippen LogP contribution in [-0.2, 0) is 4.79 Å². The number of thiol groups is 1. The molecule has 1 saturated heterocycles. The Morgan fingerprint density at radius 2 is 2.12 bits per heavy atom. The number of carbonyl (C=O) groups excluding carboxylic acids is 1. The molecule has 1 fully saturated rings. The van der Waals surface area contributed by atoms with Gasteiger partial charge in [0.25, 0.3) is 0 Å². The van der Waals surface area contributed by atoms with Crippen LogP contribution in [0.25, 0.3) is 0 Å². The second-order valence-electron chi connectivity index (χ2n) is 4.35. The van der Waals surface area contributed by atoms with Gasteiger partial charge in [-0.25, -0.2) is 0 Å². The van der Waals surface area contributed by atoms with E-state index in [1.807, 2.05) is 6.07 Å². The van der Waals surface area contributed by atoms with Gasteiger partial charge in [0.05, 0.1) is 5.69 Å². The number of rotatable bonds is 2. The average Bonchev–Trinajstić information content (AvgIpc) is 2.52. The molecule has 92 valence electrons. The molecule has 0 aliphatic carbocycles. The van der Waals surface area contributed by atoms with E-state index in [4.69, 9.17) is 0 Å². The maximum Gasteiger partial charge on any atom is 0.231 e. The molecular weight excluding hydrogens is 234 g/mol. The largest absolute Gasteiger partial charge is 0.506 e. The number of anilines is 1. The fourth-order valence-electron chi connectivity index (χ4n) is 2.22. The molecule has 1 amide bonds. The number of hydrogen-bond acceptors (Lipinski definition) is 3. The molecular formula is C13H17NO2S. The number of phenols is 1. The molecule has 1 aliphatic heterocycles. The third kappa shape index (κ3) is 2.57. The summed E-state index contributed by atoms with van der Waals surface area (Å²) < 4.78 is 0. The third-order valence-corrected chi connectivity index (χ3v) is 3.63. The number of benzene rings is 1. The Kier molecular flexibility index (Phi) is 3.94. The zero-order valence-electron chi connectivity index (χ0n) is 9.67. The summed E-state index contributed by atoms with van der Waals surface area (Å²) in [6.45, 7) is 0.681. The first-order valence-electron chi connectivity index (χ1n) is 5.94. The van der Waals surface area contributed by atoms with Gasteiger partial charge in [-0.2, -0.15) is 12.6 Å². The molecule has 4 heteroatoms. The van der Waals surface area contributed by atoms with Gasteiger partial charge in [0, 0.05) is 18.2 Å². The fourth-order valence-corrected chi connectivity index (χ4v) is 2.55. The lowest BCUT2D eigenvalue weighted by atomic mass is 10.1. The predicted octanol–water partition coefficient (Wildman–Crippen LogP) is 2.46. The van der Waals surface area contributed by atoms with E-state index in [-0.39, 0.29) is 17.6 Å². The number of phenolic OH excluding ortho intramolecular Hbond substituents is 1. The van der Waals surface area contributed by atoms with Crippen LogP contribution in [0.1, 0.15) is 19.3 Å². The van der Waals surface area contributed by atoms with Crippen LogP contribution < -0.4 is 4.90 Å². The summed E-state index contributed by atoms with van der Waals surface area (Å²) >= 11 is 4.24. The zero-order chi connectivity index (χ0) is 12.3. The first-order chi connectivity index (χ1) is 8.24. The first-order valence-corrected chi connectivity index (χ1v) is 6.57. The zero-order valence-corrected chi connectivity index (χ0v) is 10.6. The van der Waals surface area contributed by atoms with Gasteiger partial charge in [-0.15, -0.1) is 0 Å². The lowest BCUT2D eigenvalue weighted by Gasteiger charge is -2.24. The molecule has 1 N–H and O–H groups in total. The second kappa shape index (κ2) is 5.45. The molecule has 0 radical (unpaired) electrons. The van der Waals surface area contributed by atoms with Crippen molar-refractivity contribution in [3.05, 3.63) is 24.3 Å². The number of para-hydroxylation sites is 2. The minimum atomic E-state index is -0.0274. The molecule has 1 aromatic rings. The standard InChI is InChI=1S/C13H17NO2S/c15-12-7-2-1-6-11(12)14-8-4-3-5-10(9-17)13(14)16/h1-2,6-7,10,15,17H,3-5,8-9H2. The van der Waals surface area contributed by atoms with Gasteiger partial charge in [0.1, 0.15) is 5.75 Å². The highest BCUT2D eigenvalue weighted by atomic mass is 32.1. The number of hydrogen-bond donors (Lipinski definition) is 2. The minimum Gasteiger partial charge on any atom is -0.506 e. The molecule has 1 aliphatic rings. The van der Waals surface area contributed by atoms with Crippen molar-refractivity contribution in [2.24, 2.45) is 5.92 Å². The van der Waals surface area contributed by atoms with Crippen LogP contribution >= 0.6 is 12.6 Å². The van der Waals surface area contributed by atoms with Gasteiger partial charge >= 0.3 is 0 Å². The summed E-state index contributed by atoms with van der Waals surface area (Å²) in [4.78, 5) is 14.0. The van der Waals surface area contributed by atoms with Crippen molar-refractivity contribution < 1.29 is 9.90 Å². The normalized spacial score (nSPS) is 21.4. The summed E-state index contributed by atoms with van der Waals surface area (Å²) in [5, 5.41) is 9.82. The van der Waals surface area contributed by atoms with E-state index in [1.165, 1.54) is 0 Å². The van der Waals surface area contributed by atoms with Crippen molar-refractivity contribution in [1.29, 1.82) is 0 Å². The fraction of sp³-hybridized carbons (Fsp3) is 0.462. The smallest absolute Gasteiger partial charge is 0.231 e. The molecule has 1 atom stereocenters. The quantitative estimate of drug-likeness (QED) is 0.793. The topological polar surface area (TPSA) is 40.5 Å². The molecule has 0 aromatic heterocycles. The van der Waals surface area contributed by atoms with Crippen LogP contribution in [0.3, 0.4) is 0 Å². The van der Waals surface area contributed by atoms with E-state index < -0.39 is 0 Å². The highest BCUT2D eigenvalue weighted by Crippen LogP contribution is 2.30. The van der Waals surface area contributed by atoms with Gasteiger partial charge in [0.2, 0.25) is 5.91 Å². The van der Waals surface area contributed by atoms with Gasteiger partial charge < -0.3 is 10.0 Å². The summed E-state index contributed by atoms with van der Waals surface area (Å²) in [6.07, 6.45) is 2.91. The van der Waals surface area contributed by atoms with Crippen molar-refractivity contribution in [2.45, 2.75) is 19.3 Å². The van der Waals surface area contributed by atoms with Crippen LogP contribution in [0.4, 0.5) is 5.69 Å². The van der Waals surface area contributed by atoms with Crippen molar-refractivity contribution in [3.63, 3.8) is 0 Å². The minimum absolute atomic E-state index is 0.0274. The van der Waals surface area contributed by atoms with Gasteiger partial charge in [-0.1, -0.05) is 18.6 Å². The highest BCUT2D eigenvalue weighted by Gasteiger charge is 2.27. The van der Waals surface area contributed by atoms with E-state index in [0.717, 1.165) is 19.3 Å². The van der Waals surface area contributed by atoms with Crippen LogP contribution in [0.5, 0.6) is 5.75 Å². The van der Waals surface area contributed by atoms with Crippen LogP contribution in [0.2, 0.25) is 0 Å². The molecule has 0 spiro atoms. The first kappa shape index (κ1) is 12.3. The monoisotopic (exact) mass is 251 g/mol. The molecule has 1 heterocycles. The van der Waals surface area contributed by atoms with Crippen molar-refractivity contribution in [3.8, 4) is 5.75 Å². The summed E-state index contributed by atoms with van der Waals surface area (Å²) in [7, 11) is 0. The predicted molar refractivity (Wildman–Crippen MR) is 71.7 cm³/mol. The molecule has 3 nitrogen and oxygen atoms in total. The SMILES string of the molecule is O=C1C(CS)CCCCN1c1ccccc1O. The van der Waals surface area contributed by atoms with Gasteiger partial charge in [-0.3, -0.25) is 4.79 Å². The molecule has 1 aromatic carbocycles. The molecule has 17 heavy (non-hydrogen) atoms. The van der Waals surface area contributed by atoms with Crippen LogP contribution in [0, 0.1) is 5.92 Å². The Balaban J connectivity index is 2.30. The molecule has 0 saturated carbocycles. The maximum atomic E-state index is 12.3. The van der Waals surface area contributed by atoms with Gasteiger partial charge in [-0.05, 0) is 25.0 Å². The Bertz CT molecular complexity index is 408. The van der Waals surface area contributed by atoms with E-state index in [9.17, 15) is 9.90 Å². The lowest BCUT2D eigenvalue weighted by Crippen LogP contribution is -2.35. The number of aromatic hydroxyl groups is 1. The van der Waals surface area contributed by atoms with Gasteiger partial charge in [0.15, 0.2) is 0 Å². The van der Waals surface area contributed by atoms with Crippen molar-refractivity contribution in [1.82, 2.24) is 0 Å². The lowest BCUT2D eigenvalue weighted by molar-refractivity contribution is -0.121. The molecule has 1 unspecified atom stereocenters. The molecule has 0 bridgehead atoms. The Morgan fingerprint density at radius 3 is 2.82 bits per heavy atom. The van der Waals surface area contributed by atoms with E-state index in [1.54, 1.807) is 23.1 Å². The number of nitrogens with zero attached hydrogens (tertiary/aromatic N) is 1. The van der Waals surface area contributed by atoms with Crippen LogP contribution in [0.15, 0.2) is 24.3 Å². The summed E-state index contributed by atoms with van der Waals surface area (Å²) in [5.41, 5.74) is 0.617. The van der Waals surface area contributed by atoms with E-state index in [2.05, 4.69) is 12.6 Å². The van der Waals surface area contributed by atoms with E-state index >= 15 is 0 Å². The Hall–Kier alpha value is -1.16. The number of carbonyl (C=O) groups is 1. The summed E-state index contributed by atoms with van der Waals surface area (Å²) in [6, 6.07) is 7.00. The Morgan fingerprint density at radius 1 is 1.35 bits per heavy atom. The Labute approximate surface area is 107 Å². The highest BCUT2D eigenvalue weighted by molar-refractivity contribution is 7.80. The van der Waals surface area contributed by atoms with Crippen molar-refractivity contribution in [2.75, 3.05) is 17.2 Å². The number of amides is 1. The van der Waals surface area contributed by atoms with Crippen molar-refractivity contribution >= 4 is 24.2 Å². The van der Waals surface area contributed by atoms with E-state index in [0.29, 0.717) is 18.0 Å².